The number of ether oxygens (including phenoxy) is 1. The fraction of sp³-hybridized carbons (Fsp3) is 0.167. The number of aromatic nitrogens is 1. The summed E-state index contributed by atoms with van der Waals surface area (Å²) in [7, 11) is -0.353. The molecule has 1 N–H and O–H groups in total. The lowest BCUT2D eigenvalue weighted by molar-refractivity contribution is 0.0998. The van der Waals surface area contributed by atoms with E-state index in [1.54, 1.807) is 36.4 Å². The Morgan fingerprint density at radius 1 is 1.00 bits per heavy atom. The lowest BCUT2D eigenvalue weighted by atomic mass is 10.1. The second-order valence-corrected chi connectivity index (χ2v) is 10.3. The third-order valence-corrected chi connectivity index (χ3v) is 7.93. The lowest BCUT2D eigenvalue weighted by Crippen LogP contribution is -2.14. The van der Waals surface area contributed by atoms with Crippen LogP contribution < -0.4 is 14.3 Å². The van der Waals surface area contributed by atoms with Gasteiger partial charge in [0.25, 0.3) is 15.9 Å². The molecule has 9 heteroatoms. The molecule has 1 aromatic heterocycles. The molecule has 0 saturated carbocycles. The summed E-state index contributed by atoms with van der Waals surface area (Å²) in [6.45, 7) is 4.11. The van der Waals surface area contributed by atoms with Crippen molar-refractivity contribution >= 4 is 43.2 Å². The summed E-state index contributed by atoms with van der Waals surface area (Å²) in [5.74, 6) is 0.175. The fourth-order valence-corrected chi connectivity index (χ4v) is 5.57. The molecule has 0 atom stereocenters. The van der Waals surface area contributed by atoms with E-state index in [9.17, 15) is 13.2 Å². The van der Waals surface area contributed by atoms with Crippen LogP contribution in [-0.4, -0.2) is 26.0 Å². The Labute approximate surface area is 196 Å². The summed E-state index contributed by atoms with van der Waals surface area (Å²) in [6, 6.07) is 16.4. The molecule has 0 radical (unpaired) electrons. The first-order valence-corrected chi connectivity index (χ1v) is 12.4. The van der Waals surface area contributed by atoms with Gasteiger partial charge in [0, 0.05) is 18.3 Å². The van der Waals surface area contributed by atoms with E-state index in [-0.39, 0.29) is 4.90 Å². The van der Waals surface area contributed by atoms with E-state index in [0.29, 0.717) is 21.8 Å². The zero-order valence-corrected chi connectivity index (χ0v) is 20.3. The van der Waals surface area contributed by atoms with Crippen LogP contribution in [-0.2, 0) is 17.1 Å². The fourth-order valence-electron chi connectivity index (χ4n) is 3.44. The smallest absolute Gasteiger partial charge is 0.279 e. The van der Waals surface area contributed by atoms with Crippen molar-refractivity contribution in [2.45, 2.75) is 18.7 Å². The Kier molecular flexibility index (Phi) is 6.09. The maximum Gasteiger partial charge on any atom is 0.279 e. The molecule has 1 heterocycles. The molecule has 0 aliphatic rings. The first-order chi connectivity index (χ1) is 15.7. The summed E-state index contributed by atoms with van der Waals surface area (Å²) in [5, 5.41) is 0. The van der Waals surface area contributed by atoms with Gasteiger partial charge in [-0.3, -0.25) is 9.52 Å². The number of aryl methyl sites for hydroxylation is 3. The third kappa shape index (κ3) is 4.55. The lowest BCUT2D eigenvalue weighted by Gasteiger charge is -2.09. The van der Waals surface area contributed by atoms with Gasteiger partial charge in [-0.05, 0) is 79.6 Å². The molecule has 0 spiro atoms. The molecule has 7 nitrogen and oxygen atoms in total. The third-order valence-electron chi connectivity index (χ3n) is 5.44. The number of benzene rings is 3. The normalized spacial score (nSPS) is 12.2. The molecule has 33 heavy (non-hydrogen) atoms. The predicted octanol–water partition coefficient (Wildman–Crippen LogP) is 4.41. The topological polar surface area (TPSA) is 89.8 Å². The van der Waals surface area contributed by atoms with Crippen LogP contribution in [0.5, 0.6) is 5.75 Å². The zero-order chi connectivity index (χ0) is 23.8. The van der Waals surface area contributed by atoms with Crippen molar-refractivity contribution in [3.63, 3.8) is 0 Å². The Morgan fingerprint density at radius 2 is 1.67 bits per heavy atom. The van der Waals surface area contributed by atoms with Crippen LogP contribution in [0.15, 0.2) is 70.6 Å². The van der Waals surface area contributed by atoms with Crippen molar-refractivity contribution < 1.29 is 17.9 Å². The number of hydrogen-bond acceptors (Lipinski definition) is 5. The number of methoxy groups -OCH3 is 1. The molecule has 0 fully saturated rings. The number of fused-ring (bicyclic) bond motifs is 1. The van der Waals surface area contributed by atoms with Crippen molar-refractivity contribution in [1.82, 2.24) is 4.57 Å². The Bertz CT molecular complexity index is 1520. The SMILES string of the molecule is COc1ccc(S(=O)(=O)Nc2ccc(C(=O)N=c3sc4ccc(C)c(C)c4n3C)cc2)cc1. The first kappa shape index (κ1) is 22.8. The molecule has 4 aromatic rings. The Hall–Kier alpha value is -3.43. The van der Waals surface area contributed by atoms with E-state index in [2.05, 4.69) is 29.6 Å². The number of nitrogens with zero attached hydrogens (tertiary/aromatic N) is 2. The molecule has 0 aliphatic heterocycles. The number of thiazole rings is 1. The van der Waals surface area contributed by atoms with Crippen molar-refractivity contribution in [3.8, 4) is 5.75 Å². The van der Waals surface area contributed by atoms with Crippen LogP contribution in [0.25, 0.3) is 10.2 Å². The molecule has 0 aliphatic carbocycles. The van der Waals surface area contributed by atoms with Crippen LogP contribution in [0.1, 0.15) is 21.5 Å². The minimum atomic E-state index is -3.76. The quantitative estimate of drug-likeness (QED) is 0.457. The van der Waals surface area contributed by atoms with Gasteiger partial charge in [0.15, 0.2) is 4.80 Å². The highest BCUT2D eigenvalue weighted by Gasteiger charge is 2.15. The molecule has 1 amide bonds. The highest BCUT2D eigenvalue weighted by Crippen LogP contribution is 2.23. The Morgan fingerprint density at radius 3 is 2.30 bits per heavy atom. The van der Waals surface area contributed by atoms with Gasteiger partial charge in [-0.15, -0.1) is 0 Å². The minimum Gasteiger partial charge on any atom is -0.497 e. The molecule has 4 rings (SSSR count). The summed E-state index contributed by atoms with van der Waals surface area (Å²) in [6.07, 6.45) is 0. The van der Waals surface area contributed by atoms with Gasteiger partial charge < -0.3 is 9.30 Å². The molecular formula is C24H23N3O4S2. The largest absolute Gasteiger partial charge is 0.497 e. The van der Waals surface area contributed by atoms with Crippen LogP contribution in [0, 0.1) is 13.8 Å². The maximum absolute atomic E-state index is 12.7. The summed E-state index contributed by atoms with van der Waals surface area (Å²) in [5.41, 5.74) is 4.12. The van der Waals surface area contributed by atoms with Crippen LogP contribution >= 0.6 is 11.3 Å². The highest BCUT2D eigenvalue weighted by molar-refractivity contribution is 7.92. The van der Waals surface area contributed by atoms with Crippen LogP contribution in [0.2, 0.25) is 0 Å². The molecule has 0 saturated heterocycles. The number of carbonyl (C=O) groups excluding carboxylic acids is 1. The van der Waals surface area contributed by atoms with Crippen molar-refractivity contribution in [3.05, 3.63) is 82.2 Å². The highest BCUT2D eigenvalue weighted by atomic mass is 32.2. The second kappa shape index (κ2) is 8.84. The number of carbonyl (C=O) groups is 1. The number of anilines is 1. The molecular weight excluding hydrogens is 458 g/mol. The minimum absolute atomic E-state index is 0.112. The van der Waals surface area contributed by atoms with Crippen molar-refractivity contribution in [1.29, 1.82) is 0 Å². The van der Waals surface area contributed by atoms with E-state index in [1.165, 1.54) is 36.1 Å². The van der Waals surface area contributed by atoms with E-state index < -0.39 is 15.9 Å². The van der Waals surface area contributed by atoms with Gasteiger partial charge >= 0.3 is 0 Å². The Balaban J connectivity index is 1.57. The van der Waals surface area contributed by atoms with Gasteiger partial charge in [-0.2, -0.15) is 4.99 Å². The average molecular weight is 482 g/mol. The van der Waals surface area contributed by atoms with E-state index in [1.807, 2.05) is 17.7 Å². The maximum atomic E-state index is 12.7. The van der Waals surface area contributed by atoms with Gasteiger partial charge in [0.05, 0.1) is 22.2 Å². The zero-order valence-electron chi connectivity index (χ0n) is 18.6. The predicted molar refractivity (Wildman–Crippen MR) is 130 cm³/mol. The summed E-state index contributed by atoms with van der Waals surface area (Å²) >= 11 is 1.46. The van der Waals surface area contributed by atoms with Gasteiger partial charge in [-0.1, -0.05) is 17.4 Å². The summed E-state index contributed by atoms with van der Waals surface area (Å²) < 4.78 is 35.8. The monoisotopic (exact) mass is 481 g/mol. The average Bonchev–Trinajstić information content (AvgIpc) is 3.12. The number of amides is 1. The second-order valence-electron chi connectivity index (χ2n) is 7.57. The van der Waals surface area contributed by atoms with Crippen molar-refractivity contribution in [2.24, 2.45) is 12.0 Å². The number of rotatable bonds is 5. The van der Waals surface area contributed by atoms with E-state index in [4.69, 9.17) is 4.74 Å². The summed E-state index contributed by atoms with van der Waals surface area (Å²) in [4.78, 5) is 17.8. The standard InChI is InChI=1S/C24H23N3O4S2/c1-15-5-14-21-22(16(15)2)27(3)24(32-21)25-23(28)17-6-8-18(9-7-17)26-33(29,30)20-12-10-19(31-4)11-13-20/h5-14,26H,1-4H3. The van der Waals surface area contributed by atoms with Crippen LogP contribution in [0.4, 0.5) is 5.69 Å². The molecule has 3 aromatic carbocycles. The number of sulfonamides is 1. The van der Waals surface area contributed by atoms with Gasteiger partial charge in [0.2, 0.25) is 0 Å². The number of nitrogens with one attached hydrogen (secondary N) is 1. The van der Waals surface area contributed by atoms with Gasteiger partial charge in [-0.25, -0.2) is 8.42 Å². The first-order valence-electron chi connectivity index (χ1n) is 10.1. The van der Waals surface area contributed by atoms with Crippen LogP contribution in [0.3, 0.4) is 0 Å². The van der Waals surface area contributed by atoms with Crippen molar-refractivity contribution in [2.75, 3.05) is 11.8 Å². The molecule has 170 valence electrons. The molecule has 0 unspecified atom stereocenters. The van der Waals surface area contributed by atoms with Gasteiger partial charge in [0.1, 0.15) is 5.75 Å². The molecule has 0 bridgehead atoms. The van der Waals surface area contributed by atoms with E-state index in [0.717, 1.165) is 15.8 Å². The van der Waals surface area contributed by atoms with E-state index >= 15 is 0 Å². The number of hydrogen-bond donors (Lipinski definition) is 1.